The molecule has 0 fully saturated rings. The predicted molar refractivity (Wildman–Crippen MR) is 102 cm³/mol. The third-order valence-electron chi connectivity index (χ3n) is 4.45. The van der Waals surface area contributed by atoms with Crippen molar-refractivity contribution >= 4 is 11.8 Å². The van der Waals surface area contributed by atoms with Gasteiger partial charge < -0.3 is 20.8 Å². The lowest BCUT2D eigenvalue weighted by molar-refractivity contribution is 0.0845. The number of aliphatic hydroxyl groups excluding tert-OH is 2. The van der Waals surface area contributed by atoms with E-state index >= 15 is 0 Å². The summed E-state index contributed by atoms with van der Waals surface area (Å²) in [5.74, 6) is -0.689. The third kappa shape index (κ3) is 6.11. The van der Waals surface area contributed by atoms with E-state index in [0.717, 1.165) is 0 Å². The fraction of sp³-hybridized carbons (Fsp3) is 0.600. The molecule has 2 amide bonds. The standard InChI is InChI=1S/C20H32N2O4/c1-19(2,3)15(11-23)21-17(25)13-8-7-9-14(10-13)18(26)22-16(12-24)20(4,5)6/h7-10,15-16,23-24H,11-12H2,1-6H3,(H,21,25)(H,22,26)/t15-,16-/m1/s1. The minimum Gasteiger partial charge on any atom is -0.394 e. The fourth-order valence-electron chi connectivity index (χ4n) is 2.36. The van der Waals surface area contributed by atoms with Crippen molar-refractivity contribution in [1.29, 1.82) is 0 Å². The van der Waals surface area contributed by atoms with E-state index < -0.39 is 12.1 Å². The summed E-state index contributed by atoms with van der Waals surface area (Å²) < 4.78 is 0. The van der Waals surface area contributed by atoms with Crippen molar-refractivity contribution < 1.29 is 19.8 Å². The van der Waals surface area contributed by atoms with Gasteiger partial charge in [0.15, 0.2) is 0 Å². The quantitative estimate of drug-likeness (QED) is 0.620. The number of rotatable bonds is 6. The molecule has 0 unspecified atom stereocenters. The Hall–Kier alpha value is -1.92. The summed E-state index contributed by atoms with van der Waals surface area (Å²) in [6, 6.07) is 5.60. The van der Waals surface area contributed by atoms with Crippen molar-refractivity contribution in [2.24, 2.45) is 10.8 Å². The number of hydrogen-bond donors (Lipinski definition) is 4. The van der Waals surface area contributed by atoms with Crippen LogP contribution in [0, 0.1) is 10.8 Å². The van der Waals surface area contributed by atoms with Crippen LogP contribution in [0.1, 0.15) is 62.3 Å². The number of amides is 2. The van der Waals surface area contributed by atoms with Crippen molar-refractivity contribution in [3.63, 3.8) is 0 Å². The molecule has 6 heteroatoms. The van der Waals surface area contributed by atoms with E-state index in [1.165, 1.54) is 6.07 Å². The molecule has 4 N–H and O–H groups in total. The molecule has 0 heterocycles. The van der Waals surface area contributed by atoms with Crippen LogP contribution in [0.5, 0.6) is 0 Å². The first-order valence-corrected chi connectivity index (χ1v) is 8.83. The number of carbonyl (C=O) groups is 2. The predicted octanol–water partition coefficient (Wildman–Crippen LogP) is 1.96. The lowest BCUT2D eigenvalue weighted by Crippen LogP contribution is -2.46. The zero-order valence-corrected chi connectivity index (χ0v) is 16.6. The molecule has 1 aromatic rings. The topological polar surface area (TPSA) is 98.7 Å². The largest absolute Gasteiger partial charge is 0.394 e. The average molecular weight is 364 g/mol. The summed E-state index contributed by atoms with van der Waals surface area (Å²) in [4.78, 5) is 25.0. The second-order valence-corrected chi connectivity index (χ2v) is 8.73. The minimum atomic E-state index is -0.396. The van der Waals surface area contributed by atoms with Crippen molar-refractivity contribution in [2.75, 3.05) is 13.2 Å². The van der Waals surface area contributed by atoms with Crippen LogP contribution < -0.4 is 10.6 Å². The van der Waals surface area contributed by atoms with Gasteiger partial charge >= 0.3 is 0 Å². The summed E-state index contributed by atoms with van der Waals surface area (Å²) >= 11 is 0. The van der Waals surface area contributed by atoms with Gasteiger partial charge in [-0.1, -0.05) is 47.6 Å². The second-order valence-electron chi connectivity index (χ2n) is 8.73. The molecule has 146 valence electrons. The van der Waals surface area contributed by atoms with Crippen molar-refractivity contribution in [3.8, 4) is 0 Å². The normalized spacial score (nSPS) is 14.5. The summed E-state index contributed by atoms with van der Waals surface area (Å²) in [5.41, 5.74) is 0.106. The molecule has 6 nitrogen and oxygen atoms in total. The summed E-state index contributed by atoms with van der Waals surface area (Å²) in [5, 5.41) is 24.6. The van der Waals surface area contributed by atoms with Gasteiger partial charge in [-0.3, -0.25) is 9.59 Å². The zero-order chi connectivity index (χ0) is 20.1. The zero-order valence-electron chi connectivity index (χ0n) is 16.6. The van der Waals surface area contributed by atoms with Crippen LogP contribution in [0.4, 0.5) is 0 Å². The highest BCUT2D eigenvalue weighted by Crippen LogP contribution is 2.20. The van der Waals surface area contributed by atoms with E-state index in [4.69, 9.17) is 0 Å². The number of aliphatic hydroxyl groups is 2. The van der Waals surface area contributed by atoms with Crippen molar-refractivity contribution in [1.82, 2.24) is 10.6 Å². The Kier molecular flexibility index (Phi) is 7.35. The monoisotopic (exact) mass is 364 g/mol. The maximum atomic E-state index is 12.5. The summed E-state index contributed by atoms with van der Waals surface area (Å²) in [6.07, 6.45) is 0. The molecule has 1 rings (SSSR count). The lowest BCUT2D eigenvalue weighted by atomic mass is 9.87. The Morgan fingerprint density at radius 1 is 0.846 bits per heavy atom. The second kappa shape index (κ2) is 8.64. The highest BCUT2D eigenvalue weighted by molar-refractivity contribution is 5.99. The van der Waals surface area contributed by atoms with Gasteiger partial charge in [0.25, 0.3) is 11.8 Å². The van der Waals surface area contributed by atoms with E-state index in [1.54, 1.807) is 18.2 Å². The van der Waals surface area contributed by atoms with Gasteiger partial charge in [0, 0.05) is 11.1 Å². The van der Waals surface area contributed by atoms with Gasteiger partial charge in [-0.2, -0.15) is 0 Å². The molecule has 1 aromatic carbocycles. The first kappa shape index (κ1) is 22.1. The van der Waals surface area contributed by atoms with E-state index in [9.17, 15) is 19.8 Å². The molecule has 0 aromatic heterocycles. The molecule has 26 heavy (non-hydrogen) atoms. The Morgan fingerprint density at radius 3 is 1.46 bits per heavy atom. The Balaban J connectivity index is 2.93. The average Bonchev–Trinajstić information content (AvgIpc) is 2.54. The minimum absolute atomic E-state index is 0.167. The molecular formula is C20H32N2O4. The van der Waals surface area contributed by atoms with Gasteiger partial charge in [-0.05, 0) is 29.0 Å². The van der Waals surface area contributed by atoms with Gasteiger partial charge in [0.1, 0.15) is 0 Å². The lowest BCUT2D eigenvalue weighted by Gasteiger charge is -2.30. The van der Waals surface area contributed by atoms with Crippen LogP contribution >= 0.6 is 0 Å². The van der Waals surface area contributed by atoms with Crippen LogP contribution in [-0.4, -0.2) is 47.3 Å². The smallest absolute Gasteiger partial charge is 0.251 e. The highest BCUT2D eigenvalue weighted by Gasteiger charge is 2.27. The third-order valence-corrected chi connectivity index (χ3v) is 4.45. The SMILES string of the molecule is CC(C)(C)[C@@H](CO)NC(=O)c1cccc(C(=O)N[C@H](CO)C(C)(C)C)c1. The molecular weight excluding hydrogens is 332 g/mol. The fourth-order valence-corrected chi connectivity index (χ4v) is 2.36. The molecule has 0 radical (unpaired) electrons. The summed E-state index contributed by atoms with van der Waals surface area (Å²) in [7, 11) is 0. The van der Waals surface area contributed by atoms with E-state index in [1.807, 2.05) is 41.5 Å². The van der Waals surface area contributed by atoms with E-state index in [-0.39, 0.29) is 35.9 Å². The Labute approximate surface area is 156 Å². The number of benzene rings is 1. The van der Waals surface area contributed by atoms with E-state index in [2.05, 4.69) is 10.6 Å². The number of hydrogen-bond acceptors (Lipinski definition) is 4. The molecule has 0 bridgehead atoms. The van der Waals surface area contributed by atoms with Gasteiger partial charge in [0.2, 0.25) is 0 Å². The Bertz CT molecular complexity index is 578. The molecule has 0 saturated carbocycles. The molecule has 0 aliphatic rings. The van der Waals surface area contributed by atoms with Crippen molar-refractivity contribution in [3.05, 3.63) is 35.4 Å². The van der Waals surface area contributed by atoms with Crippen molar-refractivity contribution in [2.45, 2.75) is 53.6 Å². The Morgan fingerprint density at radius 2 is 1.19 bits per heavy atom. The van der Waals surface area contributed by atoms with E-state index in [0.29, 0.717) is 11.1 Å². The van der Waals surface area contributed by atoms with Gasteiger partial charge in [0.05, 0.1) is 25.3 Å². The van der Waals surface area contributed by atoms with Crippen LogP contribution in [-0.2, 0) is 0 Å². The first-order valence-electron chi connectivity index (χ1n) is 8.83. The summed E-state index contributed by atoms with van der Waals surface area (Å²) in [6.45, 7) is 11.2. The van der Waals surface area contributed by atoms with Crippen LogP contribution in [0.2, 0.25) is 0 Å². The van der Waals surface area contributed by atoms with Crippen LogP contribution in [0.15, 0.2) is 24.3 Å². The number of carbonyl (C=O) groups excluding carboxylic acids is 2. The van der Waals surface area contributed by atoms with Crippen LogP contribution in [0.25, 0.3) is 0 Å². The maximum absolute atomic E-state index is 12.5. The number of nitrogens with one attached hydrogen (secondary N) is 2. The molecule has 0 spiro atoms. The molecule has 0 aliphatic heterocycles. The first-order chi connectivity index (χ1) is 11.9. The molecule has 0 aliphatic carbocycles. The van der Waals surface area contributed by atoms with Crippen LogP contribution in [0.3, 0.4) is 0 Å². The van der Waals surface area contributed by atoms with Gasteiger partial charge in [-0.15, -0.1) is 0 Å². The molecule has 0 saturated heterocycles. The molecule has 2 atom stereocenters. The van der Waals surface area contributed by atoms with Gasteiger partial charge in [-0.25, -0.2) is 0 Å². The highest BCUT2D eigenvalue weighted by atomic mass is 16.3. The maximum Gasteiger partial charge on any atom is 0.251 e.